The molecule has 0 aliphatic rings. The SMILES string of the molecule is Cc1nsc(/N=N/c2c(O)c(O)c(/N=N/c3ccnn3C)c3[nH]ccc23)n1. The van der Waals surface area contributed by atoms with E-state index in [4.69, 9.17) is 0 Å². The highest BCUT2D eigenvalue weighted by molar-refractivity contribution is 7.09. The van der Waals surface area contributed by atoms with Crippen LogP contribution >= 0.6 is 11.5 Å². The summed E-state index contributed by atoms with van der Waals surface area (Å²) in [4.78, 5) is 7.05. The summed E-state index contributed by atoms with van der Waals surface area (Å²) in [5.41, 5.74) is 0.633. The summed E-state index contributed by atoms with van der Waals surface area (Å²) >= 11 is 1.08. The van der Waals surface area contributed by atoms with Crippen molar-refractivity contribution in [2.45, 2.75) is 6.92 Å². The van der Waals surface area contributed by atoms with Crippen molar-refractivity contribution in [2.75, 3.05) is 0 Å². The molecule has 3 N–H and O–H groups in total. The number of nitrogens with one attached hydrogen (secondary N) is 1. The van der Waals surface area contributed by atoms with E-state index >= 15 is 0 Å². The van der Waals surface area contributed by atoms with Crippen molar-refractivity contribution in [3.63, 3.8) is 0 Å². The minimum atomic E-state index is -0.460. The van der Waals surface area contributed by atoms with Crippen LogP contribution in [0, 0.1) is 6.92 Å². The Labute approximate surface area is 155 Å². The molecule has 4 rings (SSSR count). The molecule has 1 aromatic carbocycles. The van der Waals surface area contributed by atoms with Gasteiger partial charge in [0.2, 0.25) is 5.13 Å². The van der Waals surface area contributed by atoms with E-state index in [-0.39, 0.29) is 11.4 Å². The average Bonchev–Trinajstić information content (AvgIpc) is 3.37. The predicted octanol–water partition coefficient (Wildman–Crippen LogP) is 4.30. The third kappa shape index (κ3) is 3.01. The molecule has 0 radical (unpaired) electrons. The van der Waals surface area contributed by atoms with Gasteiger partial charge in [-0.1, -0.05) is 0 Å². The molecule has 0 amide bonds. The zero-order valence-corrected chi connectivity index (χ0v) is 15.0. The van der Waals surface area contributed by atoms with E-state index in [1.807, 2.05) is 0 Å². The Balaban J connectivity index is 1.81. The second-order valence-electron chi connectivity index (χ2n) is 5.50. The van der Waals surface area contributed by atoms with E-state index in [0.29, 0.717) is 27.7 Å². The number of aromatic nitrogens is 5. The molecule has 3 heterocycles. The fourth-order valence-electron chi connectivity index (χ4n) is 2.42. The third-order valence-electron chi connectivity index (χ3n) is 3.71. The molecule has 11 nitrogen and oxygen atoms in total. The number of aromatic amines is 1. The van der Waals surface area contributed by atoms with Crippen LogP contribution in [0.4, 0.5) is 22.3 Å². The smallest absolute Gasteiger partial charge is 0.249 e. The van der Waals surface area contributed by atoms with Crippen molar-refractivity contribution < 1.29 is 10.2 Å². The quantitative estimate of drug-likeness (QED) is 0.354. The minimum Gasteiger partial charge on any atom is -0.503 e. The van der Waals surface area contributed by atoms with Gasteiger partial charge < -0.3 is 15.2 Å². The summed E-state index contributed by atoms with van der Waals surface area (Å²) in [5, 5.41) is 41.8. The topological polar surface area (TPSA) is 149 Å². The molecule has 0 saturated heterocycles. The van der Waals surface area contributed by atoms with Gasteiger partial charge in [-0.3, -0.25) is 0 Å². The van der Waals surface area contributed by atoms with Crippen LogP contribution in [0.3, 0.4) is 0 Å². The molecular formula is C15H13N9O2S. The van der Waals surface area contributed by atoms with Crippen LogP contribution in [0.1, 0.15) is 5.82 Å². The van der Waals surface area contributed by atoms with Gasteiger partial charge in [0.1, 0.15) is 11.5 Å². The van der Waals surface area contributed by atoms with Gasteiger partial charge >= 0.3 is 0 Å². The molecule has 0 aliphatic heterocycles. The lowest BCUT2D eigenvalue weighted by atomic mass is 10.1. The summed E-state index contributed by atoms with van der Waals surface area (Å²) in [6, 6.07) is 3.36. The van der Waals surface area contributed by atoms with Crippen LogP contribution in [0.5, 0.6) is 11.5 Å². The van der Waals surface area contributed by atoms with Gasteiger partial charge in [-0.2, -0.15) is 9.47 Å². The highest BCUT2D eigenvalue weighted by Gasteiger charge is 2.20. The molecule has 0 atom stereocenters. The Bertz CT molecular complexity index is 1190. The number of hydrogen-bond donors (Lipinski definition) is 3. The standard InChI is InChI=1S/C15H13N9O2S/c1-7-18-15(27-23-7)22-20-11-8-3-5-16-10(8)12(14(26)13(11)25)21-19-9-4-6-17-24(9)2/h3-6,16,25-26H,1-2H3/b21-19+,22-20+. The van der Waals surface area contributed by atoms with Crippen LogP contribution in [-0.2, 0) is 7.05 Å². The number of azo groups is 2. The summed E-state index contributed by atoms with van der Waals surface area (Å²) in [6.45, 7) is 1.74. The number of benzene rings is 1. The number of hydrogen-bond acceptors (Lipinski definition) is 10. The second-order valence-corrected chi connectivity index (χ2v) is 6.23. The lowest BCUT2D eigenvalue weighted by Crippen LogP contribution is -1.87. The van der Waals surface area contributed by atoms with Gasteiger partial charge in [0, 0.05) is 36.2 Å². The van der Waals surface area contributed by atoms with Crippen LogP contribution in [0.15, 0.2) is 45.0 Å². The van der Waals surface area contributed by atoms with Crippen LogP contribution in [0.2, 0.25) is 0 Å². The first kappa shape index (κ1) is 16.8. The van der Waals surface area contributed by atoms with Crippen molar-refractivity contribution >= 4 is 44.8 Å². The maximum absolute atomic E-state index is 10.4. The van der Waals surface area contributed by atoms with Gasteiger partial charge in [-0.25, -0.2) is 9.67 Å². The van der Waals surface area contributed by atoms with Crippen LogP contribution in [-0.4, -0.2) is 34.3 Å². The van der Waals surface area contributed by atoms with Gasteiger partial charge in [0.25, 0.3) is 0 Å². The fourth-order valence-corrected chi connectivity index (χ4v) is 2.92. The Hall–Kier alpha value is -3.67. The van der Waals surface area contributed by atoms with Crippen molar-refractivity contribution in [2.24, 2.45) is 27.5 Å². The summed E-state index contributed by atoms with van der Waals surface area (Å²) in [5.74, 6) is 0.159. The zero-order valence-electron chi connectivity index (χ0n) is 14.2. The number of phenolic OH excluding ortho intramolecular Hbond substituents is 2. The molecule has 0 spiro atoms. The highest BCUT2D eigenvalue weighted by atomic mass is 32.1. The number of phenols is 2. The second kappa shape index (κ2) is 6.57. The van der Waals surface area contributed by atoms with E-state index in [1.54, 1.807) is 38.5 Å². The monoisotopic (exact) mass is 383 g/mol. The average molecular weight is 383 g/mol. The molecule has 27 heavy (non-hydrogen) atoms. The number of rotatable bonds is 4. The fraction of sp³-hybridized carbons (Fsp3) is 0.133. The summed E-state index contributed by atoms with van der Waals surface area (Å²) in [7, 11) is 1.72. The van der Waals surface area contributed by atoms with E-state index in [9.17, 15) is 10.2 Å². The van der Waals surface area contributed by atoms with E-state index in [1.165, 1.54) is 4.68 Å². The Morgan fingerprint density at radius 3 is 2.56 bits per heavy atom. The van der Waals surface area contributed by atoms with Gasteiger partial charge in [-0.15, -0.1) is 20.5 Å². The molecule has 12 heteroatoms. The molecule has 3 aromatic heterocycles. The number of aryl methyl sites for hydroxylation is 2. The Kier molecular flexibility index (Phi) is 4.08. The normalized spacial score (nSPS) is 12.1. The third-order valence-corrected chi connectivity index (χ3v) is 4.40. The first-order chi connectivity index (χ1) is 13.0. The molecule has 0 fully saturated rings. The van der Waals surface area contributed by atoms with Crippen molar-refractivity contribution in [1.82, 2.24) is 24.1 Å². The molecule has 0 unspecified atom stereocenters. The molecule has 4 aromatic rings. The first-order valence-corrected chi connectivity index (χ1v) is 8.48. The van der Waals surface area contributed by atoms with Gasteiger partial charge in [0.15, 0.2) is 23.0 Å². The molecule has 0 saturated carbocycles. The highest BCUT2D eigenvalue weighted by Crippen LogP contribution is 2.50. The van der Waals surface area contributed by atoms with E-state index in [2.05, 4.69) is 39.9 Å². The van der Waals surface area contributed by atoms with Crippen molar-refractivity contribution in [1.29, 1.82) is 0 Å². The Morgan fingerprint density at radius 1 is 1.07 bits per heavy atom. The molecular weight excluding hydrogens is 370 g/mol. The molecule has 136 valence electrons. The number of aromatic hydroxyl groups is 2. The maximum atomic E-state index is 10.4. The van der Waals surface area contributed by atoms with Gasteiger partial charge in [-0.05, 0) is 13.0 Å². The van der Waals surface area contributed by atoms with Gasteiger partial charge in [0.05, 0.1) is 11.7 Å². The number of H-pyrrole nitrogens is 1. The van der Waals surface area contributed by atoms with Crippen LogP contribution in [0.25, 0.3) is 10.9 Å². The molecule has 0 bridgehead atoms. The summed E-state index contributed by atoms with van der Waals surface area (Å²) < 4.78 is 5.54. The lowest BCUT2D eigenvalue weighted by molar-refractivity contribution is 0.406. The first-order valence-electron chi connectivity index (χ1n) is 7.71. The summed E-state index contributed by atoms with van der Waals surface area (Å²) in [6.07, 6.45) is 3.22. The van der Waals surface area contributed by atoms with Crippen molar-refractivity contribution in [3.05, 3.63) is 30.4 Å². The Morgan fingerprint density at radius 2 is 1.85 bits per heavy atom. The van der Waals surface area contributed by atoms with Crippen LogP contribution < -0.4 is 0 Å². The lowest BCUT2D eigenvalue weighted by Gasteiger charge is -2.06. The predicted molar refractivity (Wildman–Crippen MR) is 97.8 cm³/mol. The number of nitrogens with zero attached hydrogens (tertiary/aromatic N) is 8. The van der Waals surface area contributed by atoms with Crippen molar-refractivity contribution in [3.8, 4) is 11.5 Å². The largest absolute Gasteiger partial charge is 0.503 e. The number of fused-ring (bicyclic) bond motifs is 1. The molecule has 0 aliphatic carbocycles. The van der Waals surface area contributed by atoms with E-state index < -0.39 is 11.5 Å². The maximum Gasteiger partial charge on any atom is 0.249 e. The zero-order chi connectivity index (χ0) is 19.0. The van der Waals surface area contributed by atoms with E-state index in [0.717, 1.165) is 11.5 Å². The minimum absolute atomic E-state index is 0.0828.